The second-order valence-electron chi connectivity index (χ2n) is 17.7. The van der Waals surface area contributed by atoms with Gasteiger partial charge >= 0.3 is 0 Å². The second kappa shape index (κ2) is 18.1. The van der Waals surface area contributed by atoms with Crippen molar-refractivity contribution in [2.75, 3.05) is 82.6 Å². The Kier molecular flexibility index (Phi) is 17.6. The van der Waals surface area contributed by atoms with Gasteiger partial charge in [0.15, 0.2) is 0 Å². The van der Waals surface area contributed by atoms with Crippen molar-refractivity contribution in [3.63, 3.8) is 0 Å². The number of quaternary nitrogens is 3. The normalized spacial score (nSPS) is 17.6. The fourth-order valence-corrected chi connectivity index (χ4v) is 8.01. The van der Waals surface area contributed by atoms with E-state index in [1.54, 1.807) is 16.7 Å². The van der Waals surface area contributed by atoms with E-state index in [4.69, 9.17) is 0 Å². The third-order valence-electron chi connectivity index (χ3n) is 11.1. The molecule has 0 spiro atoms. The molecule has 1 aliphatic heterocycles. The van der Waals surface area contributed by atoms with Gasteiger partial charge in [-0.15, -0.1) is 0 Å². The Morgan fingerprint density at radius 3 is 1.52 bits per heavy atom. The largest absolute Gasteiger partial charge is 1.00 e. The summed E-state index contributed by atoms with van der Waals surface area (Å²) < 4.78 is 3.32. The summed E-state index contributed by atoms with van der Waals surface area (Å²) in [5.41, 5.74) is 9.83. The number of fused-ring (bicyclic) bond motifs is 3. The number of likely N-dealkylation sites (tertiary alicyclic amines) is 1. The van der Waals surface area contributed by atoms with Crippen LogP contribution in [-0.2, 0) is 10.8 Å². The highest BCUT2D eigenvalue weighted by Crippen LogP contribution is 2.55. The van der Waals surface area contributed by atoms with Crippen molar-refractivity contribution in [1.82, 2.24) is 0 Å². The first-order valence-electron chi connectivity index (χ1n) is 17.7. The Hall–Kier alpha value is 0.510. The number of unbranched alkanes of at least 4 members (excludes halogenated alkanes) is 6. The van der Waals surface area contributed by atoms with Crippen molar-refractivity contribution in [3.05, 3.63) is 58.7 Å². The molecule has 0 N–H and O–H groups in total. The van der Waals surface area contributed by atoms with Crippen LogP contribution in [0.4, 0.5) is 0 Å². The smallest absolute Gasteiger partial charge is 0.0791 e. The number of hydrogen-bond donors (Lipinski definition) is 0. The zero-order chi connectivity index (χ0) is 31.5. The Morgan fingerprint density at radius 2 is 1.04 bits per heavy atom. The fraction of sp³-hybridized carbons (Fsp3) is 0.700. The topological polar surface area (TPSA) is 0 Å². The number of nitrogens with zero attached hydrogens (tertiary/aromatic N) is 3. The Morgan fingerprint density at radius 1 is 0.609 bits per heavy atom. The van der Waals surface area contributed by atoms with Crippen molar-refractivity contribution < 1.29 is 85.4 Å². The summed E-state index contributed by atoms with van der Waals surface area (Å²) in [7, 11) is 18.8. The number of rotatable bonds is 15. The van der Waals surface area contributed by atoms with Gasteiger partial charge in [-0.2, -0.15) is 0 Å². The molecule has 46 heavy (non-hydrogen) atoms. The van der Waals surface area contributed by atoms with Crippen molar-refractivity contribution in [2.45, 2.75) is 102 Å². The molecule has 6 heteroatoms. The van der Waals surface area contributed by atoms with E-state index < -0.39 is 0 Å². The molecule has 1 saturated heterocycles. The van der Waals surface area contributed by atoms with E-state index in [0.29, 0.717) is 0 Å². The average Bonchev–Trinajstić information content (AvgIpc) is 3.17. The predicted molar refractivity (Wildman–Crippen MR) is 188 cm³/mol. The van der Waals surface area contributed by atoms with Gasteiger partial charge in [0.05, 0.1) is 82.6 Å². The van der Waals surface area contributed by atoms with E-state index in [0.717, 1.165) is 13.4 Å². The summed E-state index contributed by atoms with van der Waals surface area (Å²) >= 11 is 0. The minimum absolute atomic E-state index is 0. The maximum atomic E-state index is 2.73. The SMILES string of the molecule is Cc1ccc2c(c1)C(CCCCCC[N+](C)(C)C)(CCCCCC[N+](C)(C)C)c1cc(C3(C)CC[N+](C)(C)CC3)ccc1-2.[I-].[I-].[I-]. The van der Waals surface area contributed by atoms with Crippen LogP contribution in [0, 0.1) is 6.92 Å². The van der Waals surface area contributed by atoms with Gasteiger partial charge < -0.3 is 85.4 Å². The van der Waals surface area contributed by atoms with Crippen molar-refractivity contribution in [1.29, 1.82) is 0 Å². The molecule has 2 aromatic rings. The lowest BCUT2D eigenvalue weighted by molar-refractivity contribution is -0.896. The third-order valence-corrected chi connectivity index (χ3v) is 11.1. The van der Waals surface area contributed by atoms with E-state index in [2.05, 4.69) is 107 Å². The molecule has 1 fully saturated rings. The van der Waals surface area contributed by atoms with Crippen LogP contribution >= 0.6 is 0 Å². The lowest BCUT2D eigenvalue weighted by Crippen LogP contribution is -3.00. The van der Waals surface area contributed by atoms with E-state index >= 15 is 0 Å². The Balaban J connectivity index is 0.00000353. The molecule has 0 atom stereocenters. The maximum Gasteiger partial charge on any atom is 0.0791 e. The Labute approximate surface area is 336 Å². The van der Waals surface area contributed by atoms with Crippen molar-refractivity contribution in [3.8, 4) is 11.1 Å². The number of benzene rings is 2. The number of halogens is 3. The molecule has 0 bridgehead atoms. The minimum atomic E-state index is 0. The standard InChI is InChI=1S/C40H68N3.3HI/c1-33-19-21-35-36-22-20-34(39(2)25-29-43(9,10)30-26-39)32-38(36)40(37(35)31-33,23-15-11-13-17-27-41(3,4)5)24-16-12-14-18-28-42(6,7)8;;;/h19-22,31-32H,11-18,23-30H2,1-10H3;3*1H/q+3;;;/p-3. The van der Waals surface area contributed by atoms with E-state index in [1.807, 2.05) is 0 Å². The molecule has 3 nitrogen and oxygen atoms in total. The quantitative estimate of drug-likeness (QED) is 0.131. The number of hydrogen-bond acceptors (Lipinski definition) is 0. The van der Waals surface area contributed by atoms with Gasteiger partial charge in [0.25, 0.3) is 0 Å². The van der Waals surface area contributed by atoms with Gasteiger partial charge in [0.1, 0.15) is 0 Å². The van der Waals surface area contributed by atoms with Gasteiger partial charge in [0.2, 0.25) is 0 Å². The van der Waals surface area contributed by atoms with Crippen LogP contribution in [0.1, 0.15) is 106 Å². The first kappa shape index (κ1) is 44.5. The molecular formula is C40H68I3N3. The van der Waals surface area contributed by atoms with Crippen LogP contribution < -0.4 is 71.9 Å². The minimum Gasteiger partial charge on any atom is -1.00 e. The zero-order valence-electron chi connectivity index (χ0n) is 31.3. The monoisotopic (exact) mass is 971 g/mol. The van der Waals surface area contributed by atoms with Crippen molar-refractivity contribution >= 4 is 0 Å². The summed E-state index contributed by atoms with van der Waals surface area (Å²) in [6.45, 7) is 9.97. The van der Waals surface area contributed by atoms with Gasteiger partial charge in [-0.05, 0) is 73.3 Å². The molecule has 0 unspecified atom stereocenters. The van der Waals surface area contributed by atoms with Crippen molar-refractivity contribution in [2.24, 2.45) is 0 Å². The molecule has 0 amide bonds. The van der Waals surface area contributed by atoms with E-state index in [1.165, 1.54) is 120 Å². The molecule has 0 radical (unpaired) electrons. The summed E-state index contributed by atoms with van der Waals surface area (Å²) in [4.78, 5) is 0. The highest BCUT2D eigenvalue weighted by atomic mass is 127. The van der Waals surface area contributed by atoms with Crippen LogP contribution in [0.25, 0.3) is 11.1 Å². The molecular weight excluding hydrogens is 903 g/mol. The number of piperidine rings is 1. The predicted octanol–water partition coefficient (Wildman–Crippen LogP) is -0.285. The summed E-state index contributed by atoms with van der Waals surface area (Å²) in [5.74, 6) is 0. The summed E-state index contributed by atoms with van der Waals surface area (Å²) in [5, 5.41) is 0. The van der Waals surface area contributed by atoms with Crippen LogP contribution in [0.3, 0.4) is 0 Å². The molecule has 4 rings (SSSR count). The molecule has 1 heterocycles. The first-order valence-corrected chi connectivity index (χ1v) is 17.7. The van der Waals surface area contributed by atoms with Gasteiger partial charge in [-0.1, -0.05) is 74.6 Å². The number of aryl methyl sites for hydroxylation is 1. The zero-order valence-corrected chi connectivity index (χ0v) is 37.7. The van der Waals surface area contributed by atoms with Gasteiger partial charge in [-0.3, -0.25) is 0 Å². The van der Waals surface area contributed by atoms with Crippen LogP contribution in [0.15, 0.2) is 36.4 Å². The van der Waals surface area contributed by atoms with Gasteiger partial charge in [0, 0.05) is 23.7 Å². The van der Waals surface area contributed by atoms with Crippen LogP contribution in [0.5, 0.6) is 0 Å². The first-order chi connectivity index (χ1) is 20.0. The average molecular weight is 972 g/mol. The lowest BCUT2D eigenvalue weighted by atomic mass is 9.68. The van der Waals surface area contributed by atoms with Crippen LogP contribution in [-0.4, -0.2) is 96.0 Å². The van der Waals surface area contributed by atoms with E-state index in [-0.39, 0.29) is 82.8 Å². The Bertz CT molecular complexity index is 1190. The highest BCUT2D eigenvalue weighted by Gasteiger charge is 2.44. The molecule has 2 aromatic carbocycles. The summed E-state index contributed by atoms with van der Waals surface area (Å²) in [6, 6.07) is 15.2. The second-order valence-corrected chi connectivity index (χ2v) is 17.7. The summed E-state index contributed by atoms with van der Waals surface area (Å²) in [6.07, 6.45) is 15.9. The third kappa shape index (κ3) is 11.8. The fourth-order valence-electron chi connectivity index (χ4n) is 8.01. The van der Waals surface area contributed by atoms with Gasteiger partial charge in [-0.25, -0.2) is 0 Å². The van der Waals surface area contributed by atoms with Crippen LogP contribution in [0.2, 0.25) is 0 Å². The van der Waals surface area contributed by atoms with E-state index in [9.17, 15) is 0 Å². The highest BCUT2D eigenvalue weighted by molar-refractivity contribution is 5.82. The maximum absolute atomic E-state index is 2.73. The molecule has 0 saturated carbocycles. The molecule has 2 aliphatic rings. The molecule has 0 aromatic heterocycles. The lowest BCUT2D eigenvalue weighted by Gasteiger charge is -2.43. The molecule has 1 aliphatic carbocycles. The molecule has 264 valence electrons.